The molecule has 0 bridgehead atoms. The van der Waals surface area contributed by atoms with Gasteiger partial charge in [0.1, 0.15) is 0 Å². The number of aromatic nitrogens is 1. The van der Waals surface area contributed by atoms with Crippen LogP contribution in [0, 0.1) is 5.92 Å². The number of ether oxygens (including phenoxy) is 2. The predicted octanol–water partition coefficient (Wildman–Crippen LogP) is 3.23. The minimum atomic E-state index is -0.872. The van der Waals surface area contributed by atoms with Crippen molar-refractivity contribution >= 4 is 16.9 Å². The molecule has 1 saturated heterocycles. The maximum atomic E-state index is 11.8. The summed E-state index contributed by atoms with van der Waals surface area (Å²) in [6.07, 6.45) is 2.39. The molecule has 0 amide bonds. The molecule has 1 spiro atoms. The smallest absolute Gasteiger partial charge is 0.337 e. The molecule has 1 aromatic carbocycles. The van der Waals surface area contributed by atoms with Crippen LogP contribution in [-0.2, 0) is 28.9 Å². The van der Waals surface area contributed by atoms with E-state index in [0.29, 0.717) is 31.1 Å². The molecular formula is C19H23NO4. The van der Waals surface area contributed by atoms with Crippen LogP contribution in [0.25, 0.3) is 10.9 Å². The Hall–Kier alpha value is -1.85. The molecule has 1 aliphatic carbocycles. The summed E-state index contributed by atoms with van der Waals surface area (Å²) in [6.45, 7) is 6.43. The van der Waals surface area contributed by atoms with Gasteiger partial charge in [-0.1, -0.05) is 26.0 Å². The van der Waals surface area contributed by atoms with E-state index < -0.39 is 11.8 Å². The van der Waals surface area contributed by atoms with Crippen molar-refractivity contribution in [3.63, 3.8) is 0 Å². The average Bonchev–Trinajstić information content (AvgIpc) is 3.11. The quantitative estimate of drug-likeness (QED) is 0.939. The fourth-order valence-corrected chi connectivity index (χ4v) is 4.16. The molecule has 2 heterocycles. The van der Waals surface area contributed by atoms with Gasteiger partial charge in [0.15, 0.2) is 5.79 Å². The Bertz CT molecular complexity index is 799. The van der Waals surface area contributed by atoms with E-state index in [2.05, 4.69) is 18.4 Å². The highest BCUT2D eigenvalue weighted by Crippen LogP contribution is 2.41. The van der Waals surface area contributed by atoms with Crippen LogP contribution >= 0.6 is 0 Å². The second kappa shape index (κ2) is 5.60. The molecule has 24 heavy (non-hydrogen) atoms. The van der Waals surface area contributed by atoms with Crippen molar-refractivity contribution in [1.29, 1.82) is 0 Å². The molecule has 128 valence electrons. The second-order valence-electron chi connectivity index (χ2n) is 7.22. The lowest BCUT2D eigenvalue weighted by atomic mass is 9.90. The topological polar surface area (TPSA) is 60.7 Å². The standard InChI is InChI=1S/C19H23NO4/c1-12(2)11-20-16-6-7-19(23-8-9-24-19)10-15(16)13-4-3-5-14(17(13)20)18(21)22/h3-5,12H,6-11H2,1-2H3,(H,21,22). The lowest BCUT2D eigenvalue weighted by Gasteiger charge is -2.32. The number of hydrogen-bond acceptors (Lipinski definition) is 3. The highest BCUT2D eigenvalue weighted by Gasteiger charge is 2.42. The second-order valence-corrected chi connectivity index (χ2v) is 7.22. The molecule has 0 saturated carbocycles. The van der Waals surface area contributed by atoms with Crippen LogP contribution in [0.1, 0.15) is 41.9 Å². The van der Waals surface area contributed by atoms with Gasteiger partial charge in [-0.3, -0.25) is 0 Å². The number of fused-ring (bicyclic) bond motifs is 3. The molecule has 1 aliphatic heterocycles. The van der Waals surface area contributed by atoms with Crippen LogP contribution < -0.4 is 0 Å². The molecular weight excluding hydrogens is 306 g/mol. The minimum absolute atomic E-state index is 0.379. The van der Waals surface area contributed by atoms with Crippen LogP contribution in [0.2, 0.25) is 0 Å². The number of aromatic carboxylic acids is 1. The number of carboxylic acid groups (broad SMARTS) is 1. The van der Waals surface area contributed by atoms with Crippen molar-refractivity contribution in [2.45, 2.75) is 45.4 Å². The summed E-state index contributed by atoms with van der Waals surface area (Å²) in [5.74, 6) is -0.937. The van der Waals surface area contributed by atoms with Crippen molar-refractivity contribution < 1.29 is 19.4 Å². The zero-order valence-electron chi connectivity index (χ0n) is 14.2. The Morgan fingerprint density at radius 1 is 1.33 bits per heavy atom. The summed E-state index contributed by atoms with van der Waals surface area (Å²) in [6, 6.07) is 5.57. The predicted molar refractivity (Wildman–Crippen MR) is 90.4 cm³/mol. The fraction of sp³-hybridized carbons (Fsp3) is 0.526. The first kappa shape index (κ1) is 15.7. The zero-order chi connectivity index (χ0) is 16.9. The van der Waals surface area contributed by atoms with Gasteiger partial charge in [-0.15, -0.1) is 0 Å². The Labute approximate surface area is 141 Å². The summed E-state index contributed by atoms with van der Waals surface area (Å²) < 4.78 is 14.0. The Balaban J connectivity index is 1.94. The first-order valence-electron chi connectivity index (χ1n) is 8.65. The van der Waals surface area contributed by atoms with Gasteiger partial charge in [-0.25, -0.2) is 4.79 Å². The van der Waals surface area contributed by atoms with Crippen molar-refractivity contribution in [1.82, 2.24) is 4.57 Å². The first-order valence-corrected chi connectivity index (χ1v) is 8.65. The van der Waals surface area contributed by atoms with E-state index in [1.54, 1.807) is 6.07 Å². The van der Waals surface area contributed by atoms with E-state index in [1.807, 2.05) is 12.1 Å². The fourth-order valence-electron chi connectivity index (χ4n) is 4.16. The van der Waals surface area contributed by atoms with Gasteiger partial charge in [0.05, 0.1) is 24.3 Å². The third-order valence-corrected chi connectivity index (χ3v) is 5.09. The molecule has 2 aromatic rings. The Morgan fingerprint density at radius 2 is 2.08 bits per heavy atom. The SMILES string of the molecule is CC(C)Cn1c2c(c3cccc(C(=O)O)c31)CC1(CC2)OCCO1. The molecule has 5 nitrogen and oxygen atoms in total. The molecule has 0 radical (unpaired) electrons. The maximum Gasteiger partial charge on any atom is 0.337 e. The maximum absolute atomic E-state index is 11.8. The summed E-state index contributed by atoms with van der Waals surface area (Å²) in [5.41, 5.74) is 3.67. The van der Waals surface area contributed by atoms with Crippen LogP contribution in [0.3, 0.4) is 0 Å². The molecule has 1 fully saturated rings. The summed E-state index contributed by atoms with van der Waals surface area (Å²) in [4.78, 5) is 11.8. The average molecular weight is 329 g/mol. The van der Waals surface area contributed by atoms with Crippen LogP contribution in [0.4, 0.5) is 0 Å². The van der Waals surface area contributed by atoms with Crippen molar-refractivity contribution in [2.75, 3.05) is 13.2 Å². The van der Waals surface area contributed by atoms with Gasteiger partial charge < -0.3 is 19.1 Å². The van der Waals surface area contributed by atoms with Crippen molar-refractivity contribution in [3.05, 3.63) is 35.0 Å². The third-order valence-electron chi connectivity index (χ3n) is 5.09. The number of hydrogen-bond donors (Lipinski definition) is 1. The zero-order valence-corrected chi connectivity index (χ0v) is 14.2. The van der Waals surface area contributed by atoms with Crippen molar-refractivity contribution in [3.8, 4) is 0 Å². The summed E-state index contributed by atoms with van der Waals surface area (Å²) in [7, 11) is 0. The van der Waals surface area contributed by atoms with E-state index in [0.717, 1.165) is 30.3 Å². The van der Waals surface area contributed by atoms with Gasteiger partial charge in [-0.2, -0.15) is 0 Å². The van der Waals surface area contributed by atoms with Crippen LogP contribution in [-0.4, -0.2) is 34.6 Å². The number of carbonyl (C=O) groups is 1. The number of carboxylic acids is 1. The summed E-state index contributed by atoms with van der Waals surface area (Å²) in [5, 5.41) is 10.7. The highest BCUT2D eigenvalue weighted by molar-refractivity contribution is 6.04. The molecule has 0 unspecified atom stereocenters. The number of nitrogens with zero attached hydrogens (tertiary/aromatic N) is 1. The van der Waals surface area contributed by atoms with Gasteiger partial charge in [0.2, 0.25) is 0 Å². The first-order chi connectivity index (χ1) is 11.5. The molecule has 4 rings (SSSR count). The highest BCUT2D eigenvalue weighted by atomic mass is 16.7. The van der Waals surface area contributed by atoms with Crippen molar-refractivity contribution in [2.24, 2.45) is 5.92 Å². The van der Waals surface area contributed by atoms with Crippen LogP contribution in [0.5, 0.6) is 0 Å². The number of benzene rings is 1. The molecule has 0 atom stereocenters. The van der Waals surface area contributed by atoms with Gasteiger partial charge in [0, 0.05) is 30.5 Å². The number of rotatable bonds is 3. The minimum Gasteiger partial charge on any atom is -0.478 e. The largest absolute Gasteiger partial charge is 0.478 e. The lowest BCUT2D eigenvalue weighted by Crippen LogP contribution is -2.37. The van der Waals surface area contributed by atoms with Crippen LogP contribution in [0.15, 0.2) is 18.2 Å². The Morgan fingerprint density at radius 3 is 2.75 bits per heavy atom. The number of para-hydroxylation sites is 1. The van der Waals surface area contributed by atoms with Gasteiger partial charge in [0.25, 0.3) is 0 Å². The molecule has 1 N–H and O–H groups in total. The van der Waals surface area contributed by atoms with E-state index in [9.17, 15) is 9.90 Å². The Kier molecular flexibility index (Phi) is 3.66. The monoisotopic (exact) mass is 329 g/mol. The van der Waals surface area contributed by atoms with E-state index >= 15 is 0 Å². The molecule has 2 aliphatic rings. The third kappa shape index (κ3) is 2.34. The molecule has 1 aromatic heterocycles. The normalized spacial score (nSPS) is 19.3. The van der Waals surface area contributed by atoms with E-state index in [1.165, 1.54) is 11.3 Å². The van der Waals surface area contributed by atoms with Gasteiger partial charge in [-0.05, 0) is 24.0 Å². The summed E-state index contributed by atoms with van der Waals surface area (Å²) >= 11 is 0. The van der Waals surface area contributed by atoms with Gasteiger partial charge >= 0.3 is 5.97 Å². The lowest BCUT2D eigenvalue weighted by molar-refractivity contribution is -0.163. The van der Waals surface area contributed by atoms with E-state index in [-0.39, 0.29) is 0 Å². The van der Waals surface area contributed by atoms with E-state index in [4.69, 9.17) is 9.47 Å². The molecule has 5 heteroatoms.